The van der Waals surface area contributed by atoms with Crippen molar-refractivity contribution in [3.63, 3.8) is 0 Å². The monoisotopic (exact) mass is 420 g/mol. The van der Waals surface area contributed by atoms with Crippen molar-refractivity contribution in [2.45, 2.75) is 105 Å². The first-order valence-corrected chi connectivity index (χ1v) is 12.3. The summed E-state index contributed by atoms with van der Waals surface area (Å²) in [5.41, 5.74) is 1.57. The number of hydrogen-bond acceptors (Lipinski definition) is 1. The first-order valence-electron chi connectivity index (χ1n) is 12.3. The predicted molar refractivity (Wildman–Crippen MR) is 131 cm³/mol. The fourth-order valence-electron chi connectivity index (χ4n) is 3.76. The molecule has 0 radical (unpaired) electrons. The molecule has 0 aliphatic rings. The largest absolute Gasteiger partial charge is 0.478 e. The summed E-state index contributed by atoms with van der Waals surface area (Å²) in [4.78, 5) is 10.6. The van der Waals surface area contributed by atoms with E-state index in [0.717, 1.165) is 5.56 Å². The van der Waals surface area contributed by atoms with Gasteiger partial charge in [-0.25, -0.2) is 4.79 Å². The molecule has 1 aromatic rings. The minimum absolute atomic E-state index is 0.0804. The van der Waals surface area contributed by atoms with Crippen LogP contribution in [0.5, 0.6) is 0 Å². The Bertz CT molecular complexity index is 520. The average molecular weight is 421 g/mol. The van der Waals surface area contributed by atoms with E-state index in [9.17, 15) is 4.79 Å². The van der Waals surface area contributed by atoms with Crippen molar-refractivity contribution < 1.29 is 14.4 Å². The Balaban J connectivity index is 0.000000579. The molecular weight excluding hydrogens is 370 g/mol. The van der Waals surface area contributed by atoms with Crippen LogP contribution in [0.3, 0.4) is 0 Å². The molecule has 0 aliphatic heterocycles. The van der Waals surface area contributed by atoms with E-state index in [-0.39, 0.29) is 5.41 Å². The fraction of sp³-hybridized carbons (Fsp3) is 0.741. The van der Waals surface area contributed by atoms with E-state index in [1.165, 1.54) is 82.0 Å². The van der Waals surface area contributed by atoms with Crippen LogP contribution in [0.4, 0.5) is 0 Å². The number of carbonyl (C=O) groups is 1. The molecular formula is C27H50NO2+. The number of hydrogen-bond donors (Lipinski definition) is 1. The van der Waals surface area contributed by atoms with Crippen LogP contribution in [0.1, 0.15) is 116 Å². The van der Waals surface area contributed by atoms with Crippen molar-refractivity contribution in [1.29, 1.82) is 0 Å². The number of carboxylic acid groups (broad SMARTS) is 1. The summed E-state index contributed by atoms with van der Waals surface area (Å²) >= 11 is 0. The topological polar surface area (TPSA) is 37.3 Å². The molecule has 0 saturated carbocycles. The highest BCUT2D eigenvalue weighted by Crippen LogP contribution is 2.22. The van der Waals surface area contributed by atoms with E-state index in [4.69, 9.17) is 5.11 Å². The second-order valence-corrected chi connectivity index (χ2v) is 9.78. The smallest absolute Gasteiger partial charge is 0.335 e. The number of carboxylic acids is 1. The summed E-state index contributed by atoms with van der Waals surface area (Å²) in [6.45, 7) is 21.3. The van der Waals surface area contributed by atoms with Gasteiger partial charge in [-0.15, -0.1) is 0 Å². The van der Waals surface area contributed by atoms with E-state index < -0.39 is 5.97 Å². The zero-order valence-electron chi connectivity index (χ0n) is 21.1. The van der Waals surface area contributed by atoms with Crippen molar-refractivity contribution in [2.75, 3.05) is 26.2 Å². The summed E-state index contributed by atoms with van der Waals surface area (Å²) in [7, 11) is 0. The first-order chi connectivity index (χ1) is 14.2. The second-order valence-electron chi connectivity index (χ2n) is 9.78. The van der Waals surface area contributed by atoms with E-state index in [1.807, 2.05) is 12.1 Å². The summed E-state index contributed by atoms with van der Waals surface area (Å²) in [5.74, 6) is -0.875. The average Bonchev–Trinajstić information content (AvgIpc) is 2.72. The van der Waals surface area contributed by atoms with Crippen LogP contribution in [0.25, 0.3) is 0 Å². The van der Waals surface area contributed by atoms with Gasteiger partial charge in [-0.2, -0.15) is 0 Å². The fourth-order valence-corrected chi connectivity index (χ4v) is 3.76. The molecule has 30 heavy (non-hydrogen) atoms. The predicted octanol–water partition coefficient (Wildman–Crippen LogP) is 7.69. The molecule has 0 spiro atoms. The SMILES string of the molecule is CC(C)(C)c1ccc(C(=O)O)cc1.CCCC[N+](CCCC)(CCCC)CCCC. The van der Waals surface area contributed by atoms with E-state index in [1.54, 1.807) is 12.1 Å². The summed E-state index contributed by atoms with van der Waals surface area (Å²) < 4.78 is 1.42. The normalized spacial score (nSPS) is 11.7. The summed E-state index contributed by atoms with van der Waals surface area (Å²) in [6.07, 6.45) is 11.1. The molecule has 1 rings (SSSR count). The quantitative estimate of drug-likeness (QED) is 0.332. The minimum atomic E-state index is -0.875. The molecule has 1 aromatic carbocycles. The highest BCUT2D eigenvalue weighted by molar-refractivity contribution is 5.87. The maximum absolute atomic E-state index is 10.6. The van der Waals surface area contributed by atoms with Crippen LogP contribution in [-0.2, 0) is 5.41 Å². The Morgan fingerprint density at radius 2 is 1.07 bits per heavy atom. The van der Waals surface area contributed by atoms with E-state index in [0.29, 0.717) is 5.56 Å². The van der Waals surface area contributed by atoms with Crippen molar-refractivity contribution >= 4 is 5.97 Å². The molecule has 0 amide bonds. The van der Waals surface area contributed by atoms with Crippen molar-refractivity contribution in [3.8, 4) is 0 Å². The lowest BCUT2D eigenvalue weighted by Crippen LogP contribution is -2.50. The number of rotatable bonds is 13. The van der Waals surface area contributed by atoms with Gasteiger partial charge in [0.05, 0.1) is 31.7 Å². The van der Waals surface area contributed by atoms with Gasteiger partial charge in [0.1, 0.15) is 0 Å². The van der Waals surface area contributed by atoms with Crippen molar-refractivity contribution in [3.05, 3.63) is 35.4 Å². The van der Waals surface area contributed by atoms with Gasteiger partial charge in [-0.1, -0.05) is 86.3 Å². The second kappa shape index (κ2) is 15.5. The molecule has 0 heterocycles. The number of unbranched alkanes of at least 4 members (excludes halogenated alkanes) is 4. The standard InChI is InChI=1S/C16H36N.C11H14O2/c1-5-9-13-17(14-10-6-2,15-11-7-3)16-12-8-4;1-11(2,3)9-6-4-8(5-7-9)10(12)13/h5-16H2,1-4H3;4-7H,1-3H3,(H,12,13)/q+1;. The molecule has 0 unspecified atom stereocenters. The first kappa shape index (κ1) is 28.6. The molecule has 0 fully saturated rings. The Labute approximate surface area is 187 Å². The minimum Gasteiger partial charge on any atom is -0.478 e. The molecule has 3 heteroatoms. The lowest BCUT2D eigenvalue weighted by molar-refractivity contribution is -0.929. The van der Waals surface area contributed by atoms with Gasteiger partial charge in [0.15, 0.2) is 0 Å². The van der Waals surface area contributed by atoms with Gasteiger partial charge in [0, 0.05) is 0 Å². The van der Waals surface area contributed by atoms with Crippen molar-refractivity contribution in [2.24, 2.45) is 0 Å². The van der Waals surface area contributed by atoms with Gasteiger partial charge in [-0.3, -0.25) is 0 Å². The zero-order chi connectivity index (χ0) is 23.0. The third-order valence-corrected chi connectivity index (χ3v) is 5.94. The zero-order valence-corrected chi connectivity index (χ0v) is 21.1. The van der Waals surface area contributed by atoms with E-state index in [2.05, 4.69) is 48.5 Å². The van der Waals surface area contributed by atoms with Crippen LogP contribution < -0.4 is 0 Å². The maximum Gasteiger partial charge on any atom is 0.335 e. The molecule has 0 atom stereocenters. The lowest BCUT2D eigenvalue weighted by atomic mass is 9.87. The van der Waals surface area contributed by atoms with Gasteiger partial charge in [-0.05, 0) is 48.8 Å². The summed E-state index contributed by atoms with van der Waals surface area (Å²) in [6, 6.07) is 7.01. The van der Waals surface area contributed by atoms with Crippen LogP contribution in [0.15, 0.2) is 24.3 Å². The van der Waals surface area contributed by atoms with Crippen LogP contribution >= 0.6 is 0 Å². The molecule has 1 N–H and O–H groups in total. The lowest BCUT2D eigenvalue weighted by Gasteiger charge is -2.39. The molecule has 0 bridgehead atoms. The maximum atomic E-state index is 10.6. The number of nitrogens with zero attached hydrogens (tertiary/aromatic N) is 1. The Morgan fingerprint density at radius 3 is 1.30 bits per heavy atom. The Kier molecular flexibility index (Phi) is 14.8. The van der Waals surface area contributed by atoms with Crippen LogP contribution in [-0.4, -0.2) is 41.7 Å². The molecule has 0 aliphatic carbocycles. The summed E-state index contributed by atoms with van der Waals surface area (Å²) in [5, 5.41) is 8.68. The van der Waals surface area contributed by atoms with Gasteiger partial charge < -0.3 is 9.59 Å². The number of quaternary nitrogens is 1. The number of benzene rings is 1. The van der Waals surface area contributed by atoms with Gasteiger partial charge in [0.2, 0.25) is 0 Å². The Morgan fingerprint density at radius 1 is 0.733 bits per heavy atom. The molecule has 0 saturated heterocycles. The van der Waals surface area contributed by atoms with Crippen molar-refractivity contribution in [1.82, 2.24) is 0 Å². The van der Waals surface area contributed by atoms with Crippen LogP contribution in [0, 0.1) is 0 Å². The highest BCUT2D eigenvalue weighted by atomic mass is 16.4. The third kappa shape index (κ3) is 11.7. The van der Waals surface area contributed by atoms with Gasteiger partial charge >= 0.3 is 5.97 Å². The van der Waals surface area contributed by atoms with E-state index >= 15 is 0 Å². The Hall–Kier alpha value is -1.35. The third-order valence-electron chi connectivity index (χ3n) is 5.94. The molecule has 3 nitrogen and oxygen atoms in total. The van der Waals surface area contributed by atoms with Gasteiger partial charge in [0.25, 0.3) is 0 Å². The van der Waals surface area contributed by atoms with Crippen LogP contribution in [0.2, 0.25) is 0 Å². The molecule has 0 aromatic heterocycles. The number of aromatic carboxylic acids is 1. The highest BCUT2D eigenvalue weighted by Gasteiger charge is 2.24. The molecule has 174 valence electrons.